The van der Waals surface area contributed by atoms with Crippen LogP contribution < -0.4 is 20.7 Å². The van der Waals surface area contributed by atoms with Crippen LogP contribution in [0.15, 0.2) is 48.5 Å². The fourth-order valence-corrected chi connectivity index (χ4v) is 5.35. The van der Waals surface area contributed by atoms with Crippen LogP contribution in [-0.2, 0) is 36.8 Å². The number of rotatable bonds is 7. The second-order valence-corrected chi connectivity index (χ2v) is 11.2. The number of carbonyl (C=O) groups excluding carboxylic acids is 4. The van der Waals surface area contributed by atoms with Gasteiger partial charge in [-0.1, -0.05) is 50.2 Å². The minimum absolute atomic E-state index is 0.0838. The number of aliphatic hydroxyl groups is 1. The van der Waals surface area contributed by atoms with E-state index in [1.807, 2.05) is 38.1 Å². The van der Waals surface area contributed by atoms with Crippen molar-refractivity contribution in [1.29, 1.82) is 0 Å². The second-order valence-electron chi connectivity index (χ2n) is 11.2. The second kappa shape index (κ2) is 14.3. The lowest BCUT2D eigenvalue weighted by Gasteiger charge is -2.29. The molecule has 2 bridgehead atoms. The zero-order valence-electron chi connectivity index (χ0n) is 24.3. The van der Waals surface area contributed by atoms with Crippen molar-refractivity contribution >= 4 is 23.6 Å². The zero-order chi connectivity index (χ0) is 30.2. The Morgan fingerprint density at radius 3 is 2.52 bits per heavy atom. The van der Waals surface area contributed by atoms with Gasteiger partial charge < -0.3 is 35.4 Å². The number of hydrogen-bond donors (Lipinski definition) is 4. The SMILES string of the molecule is COCCN1CC(=O)NC(C(=O)N[C@@H]2c3ccccc3C[C@@H]2O)Cc2ccc(cc2)OCC(=O)N[C@@H](CC(C)C)C1=O. The molecule has 2 aromatic carbocycles. The molecule has 42 heavy (non-hydrogen) atoms. The standard InChI is InChI=1S/C31H40N4O7/c1-19(2)14-25-31(40)35(12-13-41-3)17-27(37)32-24(15-20-8-10-22(11-9-20)42-18-28(38)33-25)30(39)34-29-23-7-5-4-6-21(23)16-26(29)36/h4-11,19,24-26,29,36H,12-18H2,1-3H3,(H,32,37)(H,33,38)(H,34,39)/t24?,25-,26-,29+/m0/s1. The van der Waals surface area contributed by atoms with Gasteiger partial charge in [-0.2, -0.15) is 0 Å². The summed E-state index contributed by atoms with van der Waals surface area (Å²) >= 11 is 0. The van der Waals surface area contributed by atoms with Gasteiger partial charge in [0.25, 0.3) is 5.91 Å². The lowest BCUT2D eigenvalue weighted by molar-refractivity contribution is -0.141. The van der Waals surface area contributed by atoms with Gasteiger partial charge in [0.05, 0.1) is 25.3 Å². The van der Waals surface area contributed by atoms with Crippen LogP contribution in [0.25, 0.3) is 0 Å². The number of nitrogens with one attached hydrogen (secondary N) is 3. The van der Waals surface area contributed by atoms with Gasteiger partial charge >= 0.3 is 0 Å². The lowest BCUT2D eigenvalue weighted by Crippen LogP contribution is -2.55. The first-order chi connectivity index (χ1) is 20.1. The van der Waals surface area contributed by atoms with E-state index in [1.165, 1.54) is 12.0 Å². The molecule has 226 valence electrons. The molecular weight excluding hydrogens is 540 g/mol. The molecule has 0 saturated carbocycles. The van der Waals surface area contributed by atoms with Crippen molar-refractivity contribution in [3.8, 4) is 5.75 Å². The number of methoxy groups -OCH3 is 1. The van der Waals surface area contributed by atoms with Crippen molar-refractivity contribution in [1.82, 2.24) is 20.9 Å². The smallest absolute Gasteiger partial charge is 0.258 e. The molecule has 4 atom stereocenters. The summed E-state index contributed by atoms with van der Waals surface area (Å²) in [5, 5.41) is 19.2. The predicted octanol–water partition coefficient (Wildman–Crippen LogP) is 0.887. The quantitative estimate of drug-likeness (QED) is 0.356. The first-order valence-corrected chi connectivity index (χ1v) is 14.3. The van der Waals surface area contributed by atoms with Crippen LogP contribution >= 0.6 is 0 Å². The largest absolute Gasteiger partial charge is 0.484 e. The van der Waals surface area contributed by atoms with Crippen LogP contribution in [0.5, 0.6) is 5.75 Å². The highest BCUT2D eigenvalue weighted by atomic mass is 16.5. The third kappa shape index (κ3) is 8.07. The number of nitrogens with zero attached hydrogens (tertiary/aromatic N) is 1. The van der Waals surface area contributed by atoms with Gasteiger partial charge in [-0.25, -0.2) is 0 Å². The van der Waals surface area contributed by atoms with E-state index < -0.39 is 47.9 Å². The van der Waals surface area contributed by atoms with Crippen LogP contribution in [0.2, 0.25) is 0 Å². The summed E-state index contributed by atoms with van der Waals surface area (Å²) in [5.74, 6) is -1.33. The van der Waals surface area contributed by atoms with E-state index in [0.29, 0.717) is 18.6 Å². The number of aliphatic hydroxyl groups excluding tert-OH is 1. The van der Waals surface area contributed by atoms with Crippen LogP contribution in [0.1, 0.15) is 43.0 Å². The molecule has 11 heteroatoms. The maximum absolute atomic E-state index is 13.6. The van der Waals surface area contributed by atoms with Crippen LogP contribution in [0.3, 0.4) is 0 Å². The van der Waals surface area contributed by atoms with Crippen LogP contribution in [0, 0.1) is 5.92 Å². The highest BCUT2D eigenvalue weighted by Gasteiger charge is 2.35. The van der Waals surface area contributed by atoms with Gasteiger partial charge in [0.15, 0.2) is 6.61 Å². The molecule has 4 amide bonds. The molecule has 1 aliphatic carbocycles. The lowest BCUT2D eigenvalue weighted by atomic mass is 10.0. The van der Waals surface area contributed by atoms with E-state index in [1.54, 1.807) is 24.3 Å². The molecule has 0 radical (unpaired) electrons. The maximum atomic E-state index is 13.6. The topological polar surface area (TPSA) is 146 Å². The summed E-state index contributed by atoms with van der Waals surface area (Å²) in [5.41, 5.74) is 2.55. The number of benzene rings is 2. The molecule has 2 aromatic rings. The molecule has 0 saturated heterocycles. The van der Waals surface area contributed by atoms with E-state index in [2.05, 4.69) is 16.0 Å². The summed E-state index contributed by atoms with van der Waals surface area (Å²) in [4.78, 5) is 54.6. The Balaban J connectivity index is 1.61. The normalized spacial score (nSPS) is 23.3. The van der Waals surface area contributed by atoms with E-state index in [4.69, 9.17) is 9.47 Å². The van der Waals surface area contributed by atoms with Gasteiger partial charge in [0.1, 0.15) is 17.8 Å². The minimum atomic E-state index is -0.984. The number of fused-ring (bicyclic) bond motifs is 14. The zero-order valence-corrected chi connectivity index (χ0v) is 24.3. The average molecular weight is 581 g/mol. The fourth-order valence-electron chi connectivity index (χ4n) is 5.35. The van der Waals surface area contributed by atoms with E-state index in [0.717, 1.165) is 16.7 Å². The summed E-state index contributed by atoms with van der Waals surface area (Å²) in [6, 6.07) is 12.0. The van der Waals surface area contributed by atoms with Crippen molar-refractivity contribution in [2.45, 2.75) is 57.3 Å². The Labute approximate surface area is 245 Å². The maximum Gasteiger partial charge on any atom is 0.258 e. The number of carbonyl (C=O) groups is 4. The highest BCUT2D eigenvalue weighted by molar-refractivity contribution is 5.93. The molecular formula is C31H40N4O7. The van der Waals surface area contributed by atoms with Crippen LogP contribution in [-0.4, -0.2) is 85.2 Å². The predicted molar refractivity (Wildman–Crippen MR) is 154 cm³/mol. The van der Waals surface area contributed by atoms with Gasteiger partial charge in [-0.15, -0.1) is 0 Å². The van der Waals surface area contributed by atoms with E-state index >= 15 is 0 Å². The van der Waals surface area contributed by atoms with Gasteiger partial charge in [0.2, 0.25) is 17.7 Å². The van der Waals surface area contributed by atoms with Crippen molar-refractivity contribution in [3.05, 3.63) is 65.2 Å². The molecule has 0 fully saturated rings. The van der Waals surface area contributed by atoms with E-state index in [-0.39, 0.29) is 38.6 Å². The molecule has 4 N–H and O–H groups in total. The number of hydrogen-bond acceptors (Lipinski definition) is 7. The Kier molecular flexibility index (Phi) is 10.5. The van der Waals surface area contributed by atoms with Gasteiger partial charge in [-0.05, 0) is 41.2 Å². The van der Waals surface area contributed by atoms with Gasteiger partial charge in [0, 0.05) is 26.5 Å². The molecule has 2 heterocycles. The monoisotopic (exact) mass is 580 g/mol. The Bertz CT molecular complexity index is 1270. The molecule has 0 spiro atoms. The summed E-state index contributed by atoms with van der Waals surface area (Å²) < 4.78 is 10.8. The number of ether oxygens (including phenoxy) is 2. The summed E-state index contributed by atoms with van der Waals surface area (Å²) in [6.07, 6.45) is 0.148. The van der Waals surface area contributed by atoms with Crippen molar-refractivity contribution in [2.75, 3.05) is 33.4 Å². The summed E-state index contributed by atoms with van der Waals surface area (Å²) in [6.45, 7) is 3.56. The molecule has 2 aliphatic heterocycles. The fraction of sp³-hybridized carbons (Fsp3) is 0.484. The molecule has 5 rings (SSSR count). The Morgan fingerprint density at radius 1 is 1.07 bits per heavy atom. The average Bonchev–Trinajstić information content (AvgIpc) is 3.27. The van der Waals surface area contributed by atoms with E-state index in [9.17, 15) is 24.3 Å². The number of amides is 4. The first-order valence-electron chi connectivity index (χ1n) is 14.3. The third-order valence-corrected chi connectivity index (χ3v) is 7.44. The van der Waals surface area contributed by atoms with Crippen molar-refractivity contribution < 1.29 is 33.8 Å². The van der Waals surface area contributed by atoms with Gasteiger partial charge in [-0.3, -0.25) is 19.2 Å². The van der Waals surface area contributed by atoms with Crippen molar-refractivity contribution in [3.63, 3.8) is 0 Å². The summed E-state index contributed by atoms with van der Waals surface area (Å²) in [7, 11) is 1.49. The Hall–Kier alpha value is -3.96. The Morgan fingerprint density at radius 2 is 1.81 bits per heavy atom. The molecule has 11 nitrogen and oxygen atoms in total. The molecule has 1 unspecified atom stereocenters. The molecule has 0 aromatic heterocycles. The highest BCUT2D eigenvalue weighted by Crippen LogP contribution is 2.31. The third-order valence-electron chi connectivity index (χ3n) is 7.44. The van der Waals surface area contributed by atoms with Crippen molar-refractivity contribution in [2.24, 2.45) is 5.92 Å². The minimum Gasteiger partial charge on any atom is -0.484 e. The molecule has 3 aliphatic rings. The first kappa shape index (κ1) is 31.0. The van der Waals surface area contributed by atoms with Crippen LogP contribution in [0.4, 0.5) is 0 Å².